The number of H-pyrrole nitrogens is 1. The lowest BCUT2D eigenvalue weighted by atomic mass is 10.1. The van der Waals surface area contributed by atoms with Gasteiger partial charge in [-0.2, -0.15) is 5.10 Å². The molecule has 3 aromatic rings. The Hall–Kier alpha value is -3.68. The number of aromatic amines is 1. The lowest BCUT2D eigenvalue weighted by Gasteiger charge is -2.36. The van der Waals surface area contributed by atoms with Gasteiger partial charge in [0.25, 0.3) is 0 Å². The van der Waals surface area contributed by atoms with Gasteiger partial charge in [-0.05, 0) is 29.8 Å². The van der Waals surface area contributed by atoms with Gasteiger partial charge in [0.15, 0.2) is 17.3 Å². The summed E-state index contributed by atoms with van der Waals surface area (Å²) >= 11 is 0. The van der Waals surface area contributed by atoms with Gasteiger partial charge in [0, 0.05) is 43.6 Å². The van der Waals surface area contributed by atoms with Gasteiger partial charge < -0.3 is 19.3 Å². The zero-order valence-corrected chi connectivity index (χ0v) is 17.1. The van der Waals surface area contributed by atoms with Crippen molar-refractivity contribution in [3.8, 4) is 22.6 Å². The first-order valence-corrected chi connectivity index (χ1v) is 9.81. The third-order valence-corrected chi connectivity index (χ3v) is 5.25. The number of aromatic nitrogens is 2. The van der Waals surface area contributed by atoms with Gasteiger partial charge in [-0.15, -0.1) is 0 Å². The number of para-hydroxylation sites is 1. The number of piperazine rings is 1. The fraction of sp³-hybridized carbons (Fsp3) is 0.273. The minimum atomic E-state index is -0.156. The lowest BCUT2D eigenvalue weighted by molar-refractivity contribution is 0.208. The molecule has 2 heterocycles. The Morgan fingerprint density at radius 1 is 1.00 bits per heavy atom. The summed E-state index contributed by atoms with van der Waals surface area (Å²) in [6.45, 7) is 2.88. The molecule has 8 nitrogen and oxygen atoms in total. The molecule has 1 aliphatic rings. The average molecular weight is 407 g/mol. The maximum Gasteiger partial charge on any atom is 0.323 e. The predicted octanol–water partition coefficient (Wildman–Crippen LogP) is 3.45. The summed E-state index contributed by atoms with van der Waals surface area (Å²) < 4.78 is 10.7. The van der Waals surface area contributed by atoms with Gasteiger partial charge in [-0.3, -0.25) is 10.4 Å². The second-order valence-corrected chi connectivity index (χ2v) is 6.96. The Morgan fingerprint density at radius 2 is 1.73 bits per heavy atom. The zero-order valence-electron chi connectivity index (χ0n) is 17.1. The van der Waals surface area contributed by atoms with Crippen LogP contribution in [-0.2, 0) is 0 Å². The summed E-state index contributed by atoms with van der Waals surface area (Å²) in [5.41, 5.74) is 2.83. The summed E-state index contributed by atoms with van der Waals surface area (Å²) in [5.74, 6) is 1.75. The van der Waals surface area contributed by atoms with Crippen LogP contribution in [0.25, 0.3) is 11.1 Å². The van der Waals surface area contributed by atoms with Crippen LogP contribution >= 0.6 is 0 Å². The number of carbonyl (C=O) groups excluding carboxylic acids is 1. The van der Waals surface area contributed by atoms with E-state index in [2.05, 4.69) is 32.5 Å². The SMILES string of the molecule is COc1ccc(-c2c[nH]nc2NC(=O)N2CCN(c3ccccc3)CC2)cc1OC. The van der Waals surface area contributed by atoms with E-state index < -0.39 is 0 Å². The maximum atomic E-state index is 12.8. The van der Waals surface area contributed by atoms with Crippen LogP contribution in [0.3, 0.4) is 0 Å². The van der Waals surface area contributed by atoms with Crippen LogP contribution in [0.5, 0.6) is 11.5 Å². The van der Waals surface area contributed by atoms with Crippen LogP contribution in [0.2, 0.25) is 0 Å². The van der Waals surface area contributed by atoms with E-state index in [9.17, 15) is 4.79 Å². The van der Waals surface area contributed by atoms with E-state index in [1.54, 1.807) is 20.4 Å². The first-order chi connectivity index (χ1) is 14.7. The summed E-state index contributed by atoms with van der Waals surface area (Å²) in [6.07, 6.45) is 1.75. The van der Waals surface area contributed by atoms with Crippen LogP contribution in [0.1, 0.15) is 0 Å². The number of hydrogen-bond donors (Lipinski definition) is 2. The van der Waals surface area contributed by atoms with Gasteiger partial charge in [0.2, 0.25) is 0 Å². The molecule has 0 aliphatic carbocycles. The standard InChI is InChI=1S/C22H25N5O3/c1-29-19-9-8-16(14-20(19)30-2)18-15-23-25-21(18)24-22(28)27-12-10-26(11-13-27)17-6-4-3-5-7-17/h3-9,14-15H,10-13H2,1-2H3,(H2,23,24,25,28). The molecule has 0 radical (unpaired) electrons. The van der Waals surface area contributed by atoms with Crippen molar-refractivity contribution >= 4 is 17.5 Å². The molecule has 0 unspecified atom stereocenters. The highest BCUT2D eigenvalue weighted by molar-refractivity contribution is 5.93. The van der Waals surface area contributed by atoms with Gasteiger partial charge in [-0.1, -0.05) is 24.3 Å². The molecular weight excluding hydrogens is 382 g/mol. The summed E-state index contributed by atoms with van der Waals surface area (Å²) in [6, 6.07) is 15.7. The second-order valence-electron chi connectivity index (χ2n) is 6.96. The highest BCUT2D eigenvalue weighted by Crippen LogP contribution is 2.34. The molecule has 1 fully saturated rings. The Balaban J connectivity index is 1.43. The van der Waals surface area contributed by atoms with Gasteiger partial charge in [-0.25, -0.2) is 4.79 Å². The van der Waals surface area contributed by atoms with Gasteiger partial charge >= 0.3 is 6.03 Å². The number of methoxy groups -OCH3 is 2. The molecule has 1 saturated heterocycles. The Bertz CT molecular complexity index is 997. The van der Waals surface area contributed by atoms with E-state index in [0.29, 0.717) is 30.4 Å². The molecule has 1 aliphatic heterocycles. The van der Waals surface area contributed by atoms with Crippen molar-refractivity contribution in [2.45, 2.75) is 0 Å². The van der Waals surface area contributed by atoms with Crippen LogP contribution in [0, 0.1) is 0 Å². The van der Waals surface area contributed by atoms with E-state index in [1.807, 2.05) is 41.3 Å². The van der Waals surface area contributed by atoms with Gasteiger partial charge in [0.05, 0.1) is 14.2 Å². The highest BCUT2D eigenvalue weighted by Gasteiger charge is 2.23. The largest absolute Gasteiger partial charge is 0.493 e. The molecule has 8 heteroatoms. The molecule has 2 aromatic carbocycles. The molecule has 0 bridgehead atoms. The van der Waals surface area contributed by atoms with Crippen molar-refractivity contribution in [3.05, 3.63) is 54.7 Å². The minimum Gasteiger partial charge on any atom is -0.493 e. The first-order valence-electron chi connectivity index (χ1n) is 9.81. The molecule has 2 N–H and O–H groups in total. The minimum absolute atomic E-state index is 0.156. The smallest absolute Gasteiger partial charge is 0.323 e. The summed E-state index contributed by atoms with van der Waals surface area (Å²) in [7, 11) is 3.19. The third-order valence-electron chi connectivity index (χ3n) is 5.25. The van der Waals surface area contributed by atoms with E-state index in [4.69, 9.17) is 9.47 Å². The number of hydrogen-bond acceptors (Lipinski definition) is 5. The Kier molecular flexibility index (Phi) is 5.74. The summed E-state index contributed by atoms with van der Waals surface area (Å²) in [5, 5.41) is 9.99. The average Bonchev–Trinajstić information content (AvgIpc) is 3.27. The van der Waals surface area contributed by atoms with Crippen LogP contribution < -0.4 is 19.7 Å². The van der Waals surface area contributed by atoms with Crippen molar-refractivity contribution in [1.82, 2.24) is 15.1 Å². The first kappa shape index (κ1) is 19.6. The predicted molar refractivity (Wildman–Crippen MR) is 116 cm³/mol. The van der Waals surface area contributed by atoms with Crippen molar-refractivity contribution in [3.63, 3.8) is 0 Å². The highest BCUT2D eigenvalue weighted by atomic mass is 16.5. The van der Waals surface area contributed by atoms with Crippen molar-refractivity contribution < 1.29 is 14.3 Å². The number of nitrogens with one attached hydrogen (secondary N) is 2. The normalized spacial score (nSPS) is 13.8. The number of anilines is 2. The van der Waals surface area contributed by atoms with Crippen molar-refractivity contribution in [1.29, 1.82) is 0 Å². The van der Waals surface area contributed by atoms with Crippen molar-refractivity contribution in [2.75, 3.05) is 50.6 Å². The Morgan fingerprint density at radius 3 is 2.43 bits per heavy atom. The molecule has 1 aromatic heterocycles. The fourth-order valence-electron chi connectivity index (χ4n) is 3.60. The molecule has 0 saturated carbocycles. The monoisotopic (exact) mass is 407 g/mol. The molecule has 2 amide bonds. The number of ether oxygens (including phenoxy) is 2. The van der Waals surface area contributed by atoms with E-state index in [1.165, 1.54) is 5.69 Å². The number of rotatable bonds is 5. The molecular formula is C22H25N5O3. The fourth-order valence-corrected chi connectivity index (χ4v) is 3.60. The van der Waals surface area contributed by atoms with Crippen LogP contribution in [0.15, 0.2) is 54.7 Å². The topological polar surface area (TPSA) is 82.7 Å². The van der Waals surface area contributed by atoms with E-state index in [0.717, 1.165) is 24.2 Å². The molecule has 30 heavy (non-hydrogen) atoms. The molecule has 0 spiro atoms. The number of amides is 2. The molecule has 4 rings (SSSR count). The number of nitrogens with zero attached hydrogens (tertiary/aromatic N) is 3. The second kappa shape index (κ2) is 8.77. The summed E-state index contributed by atoms with van der Waals surface area (Å²) in [4.78, 5) is 16.9. The van der Waals surface area contributed by atoms with E-state index >= 15 is 0 Å². The quantitative estimate of drug-likeness (QED) is 0.677. The zero-order chi connectivity index (χ0) is 20.9. The third kappa shape index (κ3) is 4.03. The number of carbonyl (C=O) groups is 1. The number of urea groups is 1. The molecule has 0 atom stereocenters. The van der Waals surface area contributed by atoms with Crippen LogP contribution in [0.4, 0.5) is 16.3 Å². The number of benzene rings is 2. The van der Waals surface area contributed by atoms with Crippen molar-refractivity contribution in [2.24, 2.45) is 0 Å². The molecule has 156 valence electrons. The van der Waals surface area contributed by atoms with E-state index in [-0.39, 0.29) is 6.03 Å². The lowest BCUT2D eigenvalue weighted by Crippen LogP contribution is -2.50. The maximum absolute atomic E-state index is 12.8. The van der Waals surface area contributed by atoms with Crippen LogP contribution in [-0.4, -0.2) is 61.5 Å². The Labute approximate surface area is 175 Å². The van der Waals surface area contributed by atoms with Gasteiger partial charge in [0.1, 0.15) is 0 Å².